The Morgan fingerprint density at radius 3 is 2.77 bits per heavy atom. The number of pyridine rings is 1. The van der Waals surface area contributed by atoms with E-state index in [0.717, 1.165) is 16.6 Å². The number of carbonyl (C=O) groups excluding carboxylic acids is 1. The number of halogens is 1. The fourth-order valence-corrected chi connectivity index (χ4v) is 2.37. The number of hydrogen-bond acceptors (Lipinski definition) is 3. The summed E-state index contributed by atoms with van der Waals surface area (Å²) in [4.78, 5) is 16.8. The number of aromatic nitrogens is 1. The maximum Gasteiger partial charge on any atom is 0.255 e. The number of nitrogen functional groups attached to an aromatic ring is 1. The van der Waals surface area contributed by atoms with E-state index in [1.54, 1.807) is 30.3 Å². The molecule has 3 N–H and O–H groups in total. The largest absolute Gasteiger partial charge is 0.399 e. The normalized spacial score (nSPS) is 10.6. The van der Waals surface area contributed by atoms with Gasteiger partial charge in [0.15, 0.2) is 0 Å². The molecule has 1 amide bonds. The number of hydrogen-bond donors (Lipinski definition) is 2. The monoisotopic (exact) mass is 311 g/mol. The summed E-state index contributed by atoms with van der Waals surface area (Å²) < 4.78 is 0. The summed E-state index contributed by atoms with van der Waals surface area (Å²) in [5.74, 6) is -0.241. The van der Waals surface area contributed by atoms with Crippen molar-refractivity contribution in [3.63, 3.8) is 0 Å². The van der Waals surface area contributed by atoms with Crippen LogP contribution in [0.3, 0.4) is 0 Å². The quantitative estimate of drug-likeness (QED) is 0.702. The van der Waals surface area contributed by atoms with Gasteiger partial charge in [0, 0.05) is 22.3 Å². The number of nitrogens with one attached hydrogen (secondary N) is 1. The molecule has 1 heterocycles. The van der Waals surface area contributed by atoms with Crippen molar-refractivity contribution >= 4 is 39.8 Å². The molecule has 0 atom stereocenters. The molecule has 0 fully saturated rings. The Kier molecular flexibility index (Phi) is 3.69. The molecule has 3 rings (SSSR count). The Morgan fingerprint density at radius 2 is 1.95 bits per heavy atom. The van der Waals surface area contributed by atoms with Crippen molar-refractivity contribution < 1.29 is 4.79 Å². The number of anilines is 2. The van der Waals surface area contributed by atoms with Crippen LogP contribution in [0.5, 0.6) is 0 Å². The van der Waals surface area contributed by atoms with Gasteiger partial charge < -0.3 is 11.1 Å². The highest BCUT2D eigenvalue weighted by Gasteiger charge is 2.10. The van der Waals surface area contributed by atoms with Crippen LogP contribution in [0.25, 0.3) is 10.9 Å². The van der Waals surface area contributed by atoms with Gasteiger partial charge in [0.2, 0.25) is 0 Å². The first-order valence-corrected chi connectivity index (χ1v) is 7.14. The van der Waals surface area contributed by atoms with Crippen LogP contribution in [0.2, 0.25) is 5.02 Å². The van der Waals surface area contributed by atoms with Crippen LogP contribution in [0.4, 0.5) is 11.4 Å². The van der Waals surface area contributed by atoms with E-state index in [4.69, 9.17) is 17.3 Å². The molecule has 0 spiro atoms. The number of aryl methyl sites for hydroxylation is 1. The van der Waals surface area contributed by atoms with E-state index in [9.17, 15) is 4.79 Å². The molecule has 0 aliphatic heterocycles. The van der Waals surface area contributed by atoms with Gasteiger partial charge in [-0.05, 0) is 49.4 Å². The van der Waals surface area contributed by atoms with Gasteiger partial charge in [-0.25, -0.2) is 0 Å². The van der Waals surface area contributed by atoms with Crippen molar-refractivity contribution in [2.75, 3.05) is 11.1 Å². The van der Waals surface area contributed by atoms with Crippen molar-refractivity contribution in [3.8, 4) is 0 Å². The van der Waals surface area contributed by atoms with Crippen LogP contribution >= 0.6 is 11.6 Å². The fourth-order valence-electron chi connectivity index (χ4n) is 2.20. The number of amides is 1. The minimum atomic E-state index is -0.241. The number of nitrogens with zero attached hydrogens (tertiary/aromatic N) is 1. The smallest absolute Gasteiger partial charge is 0.255 e. The van der Waals surface area contributed by atoms with Crippen molar-refractivity contribution in [1.29, 1.82) is 0 Å². The van der Waals surface area contributed by atoms with Crippen molar-refractivity contribution in [2.24, 2.45) is 0 Å². The van der Waals surface area contributed by atoms with Gasteiger partial charge in [0.05, 0.1) is 16.2 Å². The maximum atomic E-state index is 12.4. The summed E-state index contributed by atoms with van der Waals surface area (Å²) in [6.07, 6.45) is 0. The van der Waals surface area contributed by atoms with E-state index in [1.807, 2.05) is 25.1 Å². The lowest BCUT2D eigenvalue weighted by Gasteiger charge is -2.09. The van der Waals surface area contributed by atoms with Gasteiger partial charge in [-0.15, -0.1) is 0 Å². The lowest BCUT2D eigenvalue weighted by molar-refractivity contribution is 0.102. The van der Waals surface area contributed by atoms with Crippen LogP contribution in [-0.2, 0) is 0 Å². The van der Waals surface area contributed by atoms with E-state index < -0.39 is 0 Å². The predicted octanol–water partition coefficient (Wildman–Crippen LogP) is 4.03. The number of nitrogens with two attached hydrogens (primary N) is 1. The Hall–Kier alpha value is -2.59. The fraction of sp³-hybridized carbons (Fsp3) is 0.0588. The highest BCUT2D eigenvalue weighted by atomic mass is 35.5. The maximum absolute atomic E-state index is 12.4. The van der Waals surface area contributed by atoms with E-state index in [1.165, 1.54) is 0 Å². The van der Waals surface area contributed by atoms with Crippen LogP contribution in [0.1, 0.15) is 16.1 Å². The summed E-state index contributed by atoms with van der Waals surface area (Å²) in [6, 6.07) is 14.2. The molecule has 110 valence electrons. The zero-order chi connectivity index (χ0) is 15.7. The zero-order valence-corrected chi connectivity index (χ0v) is 12.7. The Morgan fingerprint density at radius 1 is 1.14 bits per heavy atom. The molecule has 0 saturated carbocycles. The van der Waals surface area contributed by atoms with Crippen LogP contribution in [-0.4, -0.2) is 10.9 Å². The predicted molar refractivity (Wildman–Crippen MR) is 90.3 cm³/mol. The minimum Gasteiger partial charge on any atom is -0.399 e. The first-order chi connectivity index (χ1) is 10.5. The van der Waals surface area contributed by atoms with Gasteiger partial charge in [0.1, 0.15) is 0 Å². The second kappa shape index (κ2) is 5.66. The molecule has 0 saturated heterocycles. The van der Waals surface area contributed by atoms with E-state index in [0.29, 0.717) is 22.0 Å². The summed E-state index contributed by atoms with van der Waals surface area (Å²) in [5.41, 5.74) is 9.09. The molecule has 1 aromatic heterocycles. The number of carbonyl (C=O) groups is 1. The molecule has 3 aromatic rings. The lowest BCUT2D eigenvalue weighted by Crippen LogP contribution is -2.12. The number of benzene rings is 2. The SMILES string of the molecule is Cc1ccc2cc(C(=O)Nc3cc(N)ccc3Cl)ccc2n1. The topological polar surface area (TPSA) is 68.0 Å². The van der Waals surface area contributed by atoms with Gasteiger partial charge in [-0.1, -0.05) is 17.7 Å². The lowest BCUT2D eigenvalue weighted by atomic mass is 10.1. The van der Waals surface area contributed by atoms with E-state index in [2.05, 4.69) is 10.3 Å². The third kappa shape index (κ3) is 2.87. The molecule has 0 bridgehead atoms. The summed E-state index contributed by atoms with van der Waals surface area (Å²) in [5, 5.41) is 4.13. The Bertz CT molecular complexity index is 877. The molecule has 0 aliphatic carbocycles. The van der Waals surface area contributed by atoms with Gasteiger partial charge in [-0.2, -0.15) is 0 Å². The van der Waals surface area contributed by atoms with Gasteiger partial charge in [-0.3, -0.25) is 9.78 Å². The molecule has 2 aromatic carbocycles. The number of rotatable bonds is 2. The van der Waals surface area contributed by atoms with Crippen molar-refractivity contribution in [2.45, 2.75) is 6.92 Å². The van der Waals surface area contributed by atoms with Crippen molar-refractivity contribution in [1.82, 2.24) is 4.98 Å². The number of fused-ring (bicyclic) bond motifs is 1. The van der Waals surface area contributed by atoms with Gasteiger partial charge in [0.25, 0.3) is 5.91 Å². The molecule has 0 radical (unpaired) electrons. The molecule has 0 unspecified atom stereocenters. The molecular weight excluding hydrogens is 298 g/mol. The Labute approximate surface area is 132 Å². The van der Waals surface area contributed by atoms with Gasteiger partial charge >= 0.3 is 0 Å². The molecule has 4 nitrogen and oxygen atoms in total. The van der Waals surface area contributed by atoms with E-state index in [-0.39, 0.29) is 5.91 Å². The zero-order valence-electron chi connectivity index (χ0n) is 11.9. The first kappa shape index (κ1) is 14.4. The third-order valence-corrected chi connectivity index (χ3v) is 3.66. The second-order valence-electron chi connectivity index (χ2n) is 5.05. The van der Waals surface area contributed by atoms with Crippen LogP contribution in [0.15, 0.2) is 48.5 Å². The summed E-state index contributed by atoms with van der Waals surface area (Å²) >= 11 is 6.06. The molecule has 22 heavy (non-hydrogen) atoms. The Balaban J connectivity index is 1.92. The van der Waals surface area contributed by atoms with Crippen molar-refractivity contribution in [3.05, 3.63) is 64.8 Å². The first-order valence-electron chi connectivity index (χ1n) is 6.77. The standard InChI is InChI=1S/C17H14ClN3O/c1-10-2-3-11-8-12(4-7-15(11)20-10)17(22)21-16-9-13(19)5-6-14(16)18/h2-9H,19H2,1H3,(H,21,22). The van der Waals surface area contributed by atoms with E-state index >= 15 is 0 Å². The molecule has 5 heteroatoms. The summed E-state index contributed by atoms with van der Waals surface area (Å²) in [6.45, 7) is 1.93. The average molecular weight is 312 g/mol. The van der Waals surface area contributed by atoms with Crippen LogP contribution < -0.4 is 11.1 Å². The molecule has 0 aliphatic rings. The highest BCUT2D eigenvalue weighted by Crippen LogP contribution is 2.25. The average Bonchev–Trinajstić information content (AvgIpc) is 2.50. The third-order valence-electron chi connectivity index (χ3n) is 3.33. The molecular formula is C17H14ClN3O. The highest BCUT2D eigenvalue weighted by molar-refractivity contribution is 6.34. The summed E-state index contributed by atoms with van der Waals surface area (Å²) in [7, 11) is 0. The minimum absolute atomic E-state index is 0.241. The van der Waals surface area contributed by atoms with Crippen LogP contribution in [0, 0.1) is 6.92 Å². The second-order valence-corrected chi connectivity index (χ2v) is 5.46.